The molecule has 1 amide bonds. The van der Waals surface area contributed by atoms with E-state index in [1.165, 1.54) is 0 Å². The van der Waals surface area contributed by atoms with Crippen LogP contribution in [-0.2, 0) is 0 Å². The van der Waals surface area contributed by atoms with Gasteiger partial charge in [-0.3, -0.25) is 4.79 Å². The van der Waals surface area contributed by atoms with Crippen LogP contribution in [0.2, 0.25) is 0 Å². The minimum atomic E-state index is 0.0845. The molecule has 0 saturated heterocycles. The largest absolute Gasteiger partial charge is 0.370 e. The van der Waals surface area contributed by atoms with Gasteiger partial charge in [-0.1, -0.05) is 13.8 Å². The van der Waals surface area contributed by atoms with Crippen molar-refractivity contribution in [3.8, 4) is 0 Å². The van der Waals surface area contributed by atoms with Crippen LogP contribution in [0.5, 0.6) is 0 Å². The summed E-state index contributed by atoms with van der Waals surface area (Å²) in [7, 11) is 0. The molecule has 4 heteroatoms. The van der Waals surface area contributed by atoms with Gasteiger partial charge in [0, 0.05) is 31.4 Å². The molecule has 1 aromatic rings. The van der Waals surface area contributed by atoms with Crippen molar-refractivity contribution in [3.05, 3.63) is 23.9 Å². The van der Waals surface area contributed by atoms with Gasteiger partial charge >= 0.3 is 0 Å². The molecule has 1 rings (SSSR count). The van der Waals surface area contributed by atoms with Crippen LogP contribution in [0.3, 0.4) is 0 Å². The molecule has 1 N–H and O–H groups in total. The molecule has 4 nitrogen and oxygen atoms in total. The van der Waals surface area contributed by atoms with Gasteiger partial charge < -0.3 is 10.2 Å². The normalized spacial score (nSPS) is 10.2. The zero-order chi connectivity index (χ0) is 13.4. The molecule has 100 valence electrons. The van der Waals surface area contributed by atoms with Gasteiger partial charge in [0.15, 0.2) is 0 Å². The summed E-state index contributed by atoms with van der Waals surface area (Å²) in [5.41, 5.74) is 0.707. The van der Waals surface area contributed by atoms with E-state index in [9.17, 15) is 4.79 Å². The maximum Gasteiger partial charge on any atom is 0.254 e. The number of carbonyl (C=O) groups is 1. The molecule has 0 atom stereocenters. The summed E-state index contributed by atoms with van der Waals surface area (Å²) >= 11 is 0. The fourth-order valence-electron chi connectivity index (χ4n) is 1.77. The van der Waals surface area contributed by atoms with E-state index in [1.54, 1.807) is 12.3 Å². The van der Waals surface area contributed by atoms with E-state index in [4.69, 9.17) is 0 Å². The second-order valence-corrected chi connectivity index (χ2v) is 4.24. The Morgan fingerprint density at radius 3 is 2.72 bits per heavy atom. The van der Waals surface area contributed by atoms with Gasteiger partial charge in [-0.15, -0.1) is 0 Å². The molecule has 0 aliphatic heterocycles. The van der Waals surface area contributed by atoms with Crippen LogP contribution in [0.1, 0.15) is 44.0 Å². The number of nitrogens with zero attached hydrogens (tertiary/aromatic N) is 2. The predicted molar refractivity (Wildman–Crippen MR) is 74.9 cm³/mol. The molecule has 1 heterocycles. The first-order valence-corrected chi connectivity index (χ1v) is 6.72. The highest BCUT2D eigenvalue weighted by Gasteiger charge is 2.13. The molecular formula is C14H23N3O. The minimum Gasteiger partial charge on any atom is -0.370 e. The van der Waals surface area contributed by atoms with Crippen LogP contribution in [0, 0.1) is 0 Å². The first-order chi connectivity index (χ1) is 8.72. The van der Waals surface area contributed by atoms with Crippen molar-refractivity contribution in [2.45, 2.75) is 33.6 Å². The number of hydrogen-bond donors (Lipinski definition) is 1. The van der Waals surface area contributed by atoms with Crippen LogP contribution in [-0.4, -0.2) is 35.4 Å². The molecule has 0 fully saturated rings. The first kappa shape index (κ1) is 14.5. The highest BCUT2D eigenvalue weighted by molar-refractivity contribution is 5.94. The van der Waals surface area contributed by atoms with Crippen molar-refractivity contribution < 1.29 is 4.79 Å². The molecule has 0 unspecified atom stereocenters. The Morgan fingerprint density at radius 1 is 1.33 bits per heavy atom. The van der Waals surface area contributed by atoms with Crippen LogP contribution in [0.4, 0.5) is 5.82 Å². The van der Waals surface area contributed by atoms with Crippen LogP contribution < -0.4 is 5.32 Å². The maximum atomic E-state index is 12.3. The average Bonchev–Trinajstić information content (AvgIpc) is 2.42. The Bertz CT molecular complexity index is 379. The van der Waals surface area contributed by atoms with Crippen LogP contribution in [0.25, 0.3) is 0 Å². The minimum absolute atomic E-state index is 0.0845. The van der Waals surface area contributed by atoms with E-state index in [0.29, 0.717) is 5.56 Å². The average molecular weight is 249 g/mol. The summed E-state index contributed by atoms with van der Waals surface area (Å²) < 4.78 is 0. The van der Waals surface area contributed by atoms with Crippen molar-refractivity contribution in [1.29, 1.82) is 0 Å². The van der Waals surface area contributed by atoms with Crippen LogP contribution in [0.15, 0.2) is 18.3 Å². The SMILES string of the molecule is CCCNc1cc(C(=O)N(CC)CCC)ccn1. The lowest BCUT2D eigenvalue weighted by Crippen LogP contribution is -2.31. The number of amides is 1. The topological polar surface area (TPSA) is 45.2 Å². The quantitative estimate of drug-likeness (QED) is 0.808. The van der Waals surface area contributed by atoms with E-state index in [0.717, 1.165) is 38.3 Å². The van der Waals surface area contributed by atoms with E-state index >= 15 is 0 Å². The molecule has 0 aliphatic carbocycles. The second-order valence-electron chi connectivity index (χ2n) is 4.24. The first-order valence-electron chi connectivity index (χ1n) is 6.72. The predicted octanol–water partition coefficient (Wildman–Crippen LogP) is 2.78. The summed E-state index contributed by atoms with van der Waals surface area (Å²) in [4.78, 5) is 18.3. The third-order valence-corrected chi connectivity index (χ3v) is 2.73. The van der Waals surface area contributed by atoms with Crippen molar-refractivity contribution in [2.75, 3.05) is 25.0 Å². The number of carbonyl (C=O) groups excluding carboxylic acids is 1. The summed E-state index contributed by atoms with van der Waals surface area (Å²) in [6.45, 7) is 8.60. The third-order valence-electron chi connectivity index (χ3n) is 2.73. The van der Waals surface area contributed by atoms with E-state index in [1.807, 2.05) is 17.9 Å². The summed E-state index contributed by atoms with van der Waals surface area (Å²) in [6, 6.07) is 3.61. The lowest BCUT2D eigenvalue weighted by Gasteiger charge is -2.20. The Balaban J connectivity index is 2.78. The molecule has 0 saturated carbocycles. The van der Waals surface area contributed by atoms with E-state index < -0.39 is 0 Å². The van der Waals surface area contributed by atoms with Crippen molar-refractivity contribution in [1.82, 2.24) is 9.88 Å². The van der Waals surface area contributed by atoms with Crippen molar-refractivity contribution in [3.63, 3.8) is 0 Å². The number of pyridine rings is 1. The van der Waals surface area contributed by atoms with E-state index in [2.05, 4.69) is 24.1 Å². The number of hydrogen-bond acceptors (Lipinski definition) is 3. The Hall–Kier alpha value is -1.58. The Labute approximate surface area is 109 Å². The second kappa shape index (κ2) is 7.69. The van der Waals surface area contributed by atoms with Crippen molar-refractivity contribution >= 4 is 11.7 Å². The Kier molecular flexibility index (Phi) is 6.19. The van der Waals surface area contributed by atoms with Gasteiger partial charge in [-0.2, -0.15) is 0 Å². The monoisotopic (exact) mass is 249 g/mol. The zero-order valence-electron chi connectivity index (χ0n) is 11.6. The standard InChI is InChI=1S/C14H23N3O/c1-4-8-15-13-11-12(7-9-16-13)14(18)17(6-3)10-5-2/h7,9,11H,4-6,8,10H2,1-3H3,(H,15,16). The highest BCUT2D eigenvalue weighted by Crippen LogP contribution is 2.10. The van der Waals surface area contributed by atoms with Gasteiger partial charge in [0.2, 0.25) is 0 Å². The third kappa shape index (κ3) is 4.02. The van der Waals surface area contributed by atoms with Gasteiger partial charge in [0.05, 0.1) is 0 Å². The molecule has 0 spiro atoms. The molecule has 1 aromatic heterocycles. The fraction of sp³-hybridized carbons (Fsp3) is 0.571. The van der Waals surface area contributed by atoms with Gasteiger partial charge in [-0.05, 0) is 31.9 Å². The lowest BCUT2D eigenvalue weighted by atomic mass is 10.2. The molecule has 0 aliphatic rings. The maximum absolute atomic E-state index is 12.3. The van der Waals surface area contributed by atoms with E-state index in [-0.39, 0.29) is 5.91 Å². The number of anilines is 1. The van der Waals surface area contributed by atoms with Crippen LogP contribution >= 0.6 is 0 Å². The highest BCUT2D eigenvalue weighted by atomic mass is 16.2. The lowest BCUT2D eigenvalue weighted by molar-refractivity contribution is 0.0764. The summed E-state index contributed by atoms with van der Waals surface area (Å²) in [6.07, 6.45) is 3.70. The fourth-order valence-corrected chi connectivity index (χ4v) is 1.77. The number of nitrogens with one attached hydrogen (secondary N) is 1. The van der Waals surface area contributed by atoms with Crippen molar-refractivity contribution in [2.24, 2.45) is 0 Å². The Morgan fingerprint density at radius 2 is 2.11 bits per heavy atom. The molecule has 0 radical (unpaired) electrons. The number of rotatable bonds is 7. The zero-order valence-corrected chi connectivity index (χ0v) is 11.6. The summed E-state index contributed by atoms with van der Waals surface area (Å²) in [5, 5.41) is 3.20. The smallest absolute Gasteiger partial charge is 0.254 e. The summed E-state index contributed by atoms with van der Waals surface area (Å²) in [5.74, 6) is 0.858. The molecule has 18 heavy (non-hydrogen) atoms. The molecule has 0 aromatic carbocycles. The number of aromatic nitrogens is 1. The van der Waals surface area contributed by atoms with Gasteiger partial charge in [0.25, 0.3) is 5.91 Å². The molecule has 0 bridgehead atoms. The van der Waals surface area contributed by atoms with Gasteiger partial charge in [0.1, 0.15) is 5.82 Å². The van der Waals surface area contributed by atoms with Gasteiger partial charge in [-0.25, -0.2) is 4.98 Å². The molecular weight excluding hydrogens is 226 g/mol.